The number of hydrogen-bond acceptors (Lipinski definition) is 3. The average molecular weight is 324 g/mol. The molecule has 19 heavy (non-hydrogen) atoms. The van der Waals surface area contributed by atoms with E-state index in [-0.39, 0.29) is 5.75 Å². The number of anilines is 1. The Morgan fingerprint density at radius 1 is 1.16 bits per heavy atom. The van der Waals surface area contributed by atoms with Crippen LogP contribution in [0.25, 0.3) is 0 Å². The maximum absolute atomic E-state index is 11.9. The number of halogens is 2. The lowest BCUT2D eigenvalue weighted by atomic mass is 10.2. The summed E-state index contributed by atoms with van der Waals surface area (Å²) in [4.78, 5) is 0. The minimum Gasteiger partial charge on any atom is -0.383 e. The lowest BCUT2D eigenvalue weighted by Gasteiger charge is -2.19. The van der Waals surface area contributed by atoms with Gasteiger partial charge in [-0.1, -0.05) is 23.2 Å². The first-order valence-electron chi connectivity index (χ1n) is 5.96. The molecule has 1 N–H and O–H groups in total. The number of rotatable bonds is 4. The second kappa shape index (κ2) is 5.90. The molecule has 0 atom stereocenters. The molecule has 3 nitrogen and oxygen atoms in total. The van der Waals surface area contributed by atoms with E-state index in [1.807, 2.05) is 6.92 Å². The number of nitrogens with one attached hydrogen (secondary N) is 1. The Labute approximate surface area is 125 Å². The minimum absolute atomic E-state index is 0.0539. The van der Waals surface area contributed by atoms with Crippen LogP contribution in [0.1, 0.15) is 26.3 Å². The highest BCUT2D eigenvalue weighted by atomic mass is 35.5. The number of benzene rings is 1. The third-order valence-electron chi connectivity index (χ3n) is 2.87. The summed E-state index contributed by atoms with van der Waals surface area (Å²) in [5.74, 6) is 0.0539. The molecule has 108 valence electrons. The highest BCUT2D eigenvalue weighted by Gasteiger charge is 2.28. The third-order valence-corrected chi connectivity index (χ3v) is 6.20. The predicted octanol–water partition coefficient (Wildman–Crippen LogP) is 3.93. The van der Waals surface area contributed by atoms with E-state index in [9.17, 15) is 8.42 Å². The number of hydrogen-bond donors (Lipinski definition) is 1. The molecule has 0 spiro atoms. The van der Waals surface area contributed by atoms with Gasteiger partial charge in [0.2, 0.25) is 0 Å². The quantitative estimate of drug-likeness (QED) is 0.913. The van der Waals surface area contributed by atoms with Crippen LogP contribution in [0.4, 0.5) is 5.69 Å². The van der Waals surface area contributed by atoms with Crippen molar-refractivity contribution in [2.24, 2.45) is 0 Å². The Morgan fingerprint density at radius 2 is 1.74 bits per heavy atom. The topological polar surface area (TPSA) is 46.2 Å². The Bertz CT molecular complexity index is 563. The first-order chi connectivity index (χ1) is 8.54. The maximum Gasteiger partial charge on any atom is 0.156 e. The summed E-state index contributed by atoms with van der Waals surface area (Å²) in [5.41, 5.74) is 1.54. The molecule has 0 aliphatic rings. The maximum atomic E-state index is 11.9. The van der Waals surface area contributed by atoms with E-state index in [1.54, 1.807) is 32.9 Å². The van der Waals surface area contributed by atoms with Crippen LogP contribution >= 0.6 is 23.2 Å². The molecule has 6 heteroatoms. The van der Waals surface area contributed by atoms with Crippen molar-refractivity contribution in [1.29, 1.82) is 0 Å². The van der Waals surface area contributed by atoms with Crippen molar-refractivity contribution >= 4 is 38.7 Å². The molecule has 1 rings (SSSR count). The molecule has 0 fully saturated rings. The lowest BCUT2D eigenvalue weighted by Crippen LogP contribution is -2.32. The molecule has 1 aromatic carbocycles. The summed E-state index contributed by atoms with van der Waals surface area (Å²) in [6.07, 6.45) is 0. The van der Waals surface area contributed by atoms with Crippen LogP contribution in [0, 0.1) is 6.92 Å². The van der Waals surface area contributed by atoms with Crippen LogP contribution in [-0.2, 0) is 9.84 Å². The average Bonchev–Trinajstić information content (AvgIpc) is 2.23. The van der Waals surface area contributed by atoms with Crippen LogP contribution < -0.4 is 5.32 Å². The molecule has 0 heterocycles. The zero-order valence-electron chi connectivity index (χ0n) is 11.5. The van der Waals surface area contributed by atoms with Crippen molar-refractivity contribution in [3.05, 3.63) is 27.7 Å². The molecule has 0 aliphatic heterocycles. The standard InChI is InChI=1S/C13H19Cl2NO2S/c1-9-7-11(15)12(8-10(9)14)16-5-6-19(17,18)13(2,3)4/h7-8,16H,5-6H2,1-4H3. The fourth-order valence-electron chi connectivity index (χ4n) is 1.41. The van der Waals surface area contributed by atoms with Crippen LogP contribution in [0.15, 0.2) is 12.1 Å². The highest BCUT2D eigenvalue weighted by Crippen LogP contribution is 2.28. The van der Waals surface area contributed by atoms with Gasteiger partial charge >= 0.3 is 0 Å². The summed E-state index contributed by atoms with van der Waals surface area (Å²) < 4.78 is 23.2. The molecule has 0 saturated heterocycles. The van der Waals surface area contributed by atoms with Crippen LogP contribution in [0.5, 0.6) is 0 Å². The summed E-state index contributed by atoms with van der Waals surface area (Å²) in [6, 6.07) is 3.47. The SMILES string of the molecule is Cc1cc(Cl)c(NCCS(=O)(=O)C(C)(C)C)cc1Cl. The molecule has 0 aromatic heterocycles. The van der Waals surface area contributed by atoms with Crippen molar-refractivity contribution < 1.29 is 8.42 Å². The Hall–Kier alpha value is -0.450. The molecule has 0 amide bonds. The van der Waals surface area contributed by atoms with Crippen molar-refractivity contribution in [2.45, 2.75) is 32.4 Å². The second-order valence-corrected chi connectivity index (χ2v) is 9.12. The normalized spacial score (nSPS) is 12.5. The van der Waals surface area contributed by atoms with Gasteiger partial charge in [-0.25, -0.2) is 8.42 Å². The smallest absolute Gasteiger partial charge is 0.156 e. The summed E-state index contributed by atoms with van der Waals surface area (Å²) in [6.45, 7) is 7.24. The van der Waals surface area contributed by atoms with E-state index in [4.69, 9.17) is 23.2 Å². The first-order valence-corrected chi connectivity index (χ1v) is 8.37. The largest absolute Gasteiger partial charge is 0.383 e. The van der Waals surface area contributed by atoms with Gasteiger partial charge in [-0.05, 0) is 45.4 Å². The highest BCUT2D eigenvalue weighted by molar-refractivity contribution is 7.92. The van der Waals surface area contributed by atoms with Crippen molar-refractivity contribution in [1.82, 2.24) is 0 Å². The molecule has 0 saturated carbocycles. The lowest BCUT2D eigenvalue weighted by molar-refractivity contribution is 0.560. The van der Waals surface area contributed by atoms with Gasteiger partial charge in [-0.15, -0.1) is 0 Å². The number of aryl methyl sites for hydroxylation is 1. The van der Waals surface area contributed by atoms with Crippen molar-refractivity contribution in [3.63, 3.8) is 0 Å². The monoisotopic (exact) mass is 323 g/mol. The zero-order valence-corrected chi connectivity index (χ0v) is 13.9. The van der Waals surface area contributed by atoms with Gasteiger partial charge in [0.05, 0.1) is 21.2 Å². The van der Waals surface area contributed by atoms with Gasteiger partial charge in [-0.2, -0.15) is 0 Å². The Balaban J connectivity index is 2.72. The summed E-state index contributed by atoms with van der Waals surface area (Å²) in [5, 5.41) is 4.15. The van der Waals surface area contributed by atoms with E-state index in [2.05, 4.69) is 5.32 Å². The van der Waals surface area contributed by atoms with Crippen molar-refractivity contribution in [2.75, 3.05) is 17.6 Å². The summed E-state index contributed by atoms with van der Waals surface area (Å²) >= 11 is 12.1. The second-order valence-electron chi connectivity index (χ2n) is 5.44. The van der Waals surface area contributed by atoms with E-state index in [1.165, 1.54) is 0 Å². The number of sulfone groups is 1. The van der Waals surface area contributed by atoms with E-state index < -0.39 is 14.6 Å². The van der Waals surface area contributed by atoms with Gasteiger partial charge in [0.15, 0.2) is 9.84 Å². The van der Waals surface area contributed by atoms with Crippen LogP contribution in [0.2, 0.25) is 10.0 Å². The fraction of sp³-hybridized carbons (Fsp3) is 0.538. The Morgan fingerprint density at radius 3 is 2.26 bits per heavy atom. The molecule has 0 aliphatic carbocycles. The Kier molecular flexibility index (Phi) is 5.15. The van der Waals surface area contributed by atoms with Crippen LogP contribution in [0.3, 0.4) is 0 Å². The summed E-state index contributed by atoms with van der Waals surface area (Å²) in [7, 11) is -3.14. The van der Waals surface area contributed by atoms with Crippen molar-refractivity contribution in [3.8, 4) is 0 Å². The molecule has 0 unspecified atom stereocenters. The third kappa shape index (κ3) is 4.26. The molecule has 0 bridgehead atoms. The molecule has 0 radical (unpaired) electrons. The first kappa shape index (κ1) is 16.6. The minimum atomic E-state index is -3.14. The van der Waals surface area contributed by atoms with Gasteiger partial charge in [-0.3, -0.25) is 0 Å². The predicted molar refractivity (Wildman–Crippen MR) is 83.2 cm³/mol. The van der Waals surface area contributed by atoms with Gasteiger partial charge < -0.3 is 5.32 Å². The van der Waals surface area contributed by atoms with E-state index in [0.29, 0.717) is 22.3 Å². The van der Waals surface area contributed by atoms with E-state index >= 15 is 0 Å². The van der Waals surface area contributed by atoms with E-state index in [0.717, 1.165) is 5.56 Å². The molecule has 1 aromatic rings. The van der Waals surface area contributed by atoms with Gasteiger partial charge in [0, 0.05) is 11.6 Å². The van der Waals surface area contributed by atoms with Crippen LogP contribution in [-0.4, -0.2) is 25.5 Å². The van der Waals surface area contributed by atoms with Gasteiger partial charge in [0.1, 0.15) is 0 Å². The fourth-order valence-corrected chi connectivity index (χ4v) is 2.84. The van der Waals surface area contributed by atoms with Gasteiger partial charge in [0.25, 0.3) is 0 Å². The molecular weight excluding hydrogens is 305 g/mol. The molecular formula is C13H19Cl2NO2S. The zero-order chi connectivity index (χ0) is 14.8.